The second kappa shape index (κ2) is 4.74. The summed E-state index contributed by atoms with van der Waals surface area (Å²) in [7, 11) is 0. The molecule has 0 saturated heterocycles. The van der Waals surface area contributed by atoms with Crippen molar-refractivity contribution in [3.8, 4) is 0 Å². The first kappa shape index (κ1) is 13.1. The van der Waals surface area contributed by atoms with E-state index in [1.54, 1.807) is 25.2 Å². The minimum atomic E-state index is -0.946. The highest BCUT2D eigenvalue weighted by Crippen LogP contribution is 2.34. The Labute approximate surface area is 111 Å². The molecule has 0 unspecified atom stereocenters. The van der Waals surface area contributed by atoms with E-state index in [4.69, 9.17) is 5.73 Å². The fourth-order valence-electron chi connectivity index (χ4n) is 1.83. The van der Waals surface area contributed by atoms with E-state index in [0.29, 0.717) is 5.69 Å². The quantitative estimate of drug-likeness (QED) is 0.743. The molecule has 2 aromatic rings. The molecule has 0 aliphatic rings. The molecule has 1 aromatic carbocycles. The molecule has 0 aliphatic carbocycles. The van der Waals surface area contributed by atoms with Crippen molar-refractivity contribution in [3.63, 3.8) is 0 Å². The minimum Gasteiger partial charge on any atom is -0.398 e. The second-order valence-corrected chi connectivity index (χ2v) is 5.94. The Bertz CT molecular complexity index is 557. The zero-order valence-corrected chi connectivity index (χ0v) is 11.8. The third-order valence-corrected chi connectivity index (χ3v) is 3.72. The normalized spacial score (nSPS) is 12.0. The highest BCUT2D eigenvalue weighted by Gasteiger charge is 2.20. The average molecular weight is 265 g/mol. The molecular formula is C13H19N3OS. The van der Waals surface area contributed by atoms with Crippen LogP contribution in [-0.4, -0.2) is 16.6 Å². The molecule has 0 spiro atoms. The lowest BCUT2D eigenvalue weighted by atomic mass is 9.96. The molecule has 1 aromatic heterocycles. The lowest BCUT2D eigenvalue weighted by Crippen LogP contribution is -2.17. The molecule has 0 bridgehead atoms. The highest BCUT2D eigenvalue weighted by molar-refractivity contribution is 7.22. The van der Waals surface area contributed by atoms with Gasteiger partial charge in [0.05, 0.1) is 15.8 Å². The number of aromatic nitrogens is 1. The molecule has 0 fully saturated rings. The van der Waals surface area contributed by atoms with Crippen LogP contribution in [0.1, 0.15) is 32.8 Å². The topological polar surface area (TPSA) is 71.2 Å². The van der Waals surface area contributed by atoms with Gasteiger partial charge in [0.15, 0.2) is 5.13 Å². The number of anilines is 2. The smallest absolute Gasteiger partial charge is 0.183 e. The first-order chi connectivity index (χ1) is 8.41. The first-order valence-electron chi connectivity index (χ1n) is 6.08. The number of aliphatic hydroxyl groups is 1. The van der Waals surface area contributed by atoms with E-state index in [1.165, 1.54) is 0 Å². The molecule has 0 amide bonds. The summed E-state index contributed by atoms with van der Waals surface area (Å²) < 4.78 is 1.04. The lowest BCUT2D eigenvalue weighted by Gasteiger charge is -2.19. The third-order valence-electron chi connectivity index (χ3n) is 2.75. The zero-order valence-electron chi connectivity index (χ0n) is 10.9. The van der Waals surface area contributed by atoms with E-state index < -0.39 is 5.60 Å². The summed E-state index contributed by atoms with van der Waals surface area (Å²) in [6.07, 6.45) is 1.06. The molecular weight excluding hydrogens is 246 g/mol. The van der Waals surface area contributed by atoms with Gasteiger partial charge in [-0.05, 0) is 32.4 Å². The van der Waals surface area contributed by atoms with Crippen LogP contribution in [0.4, 0.5) is 10.8 Å². The SMILES string of the molecule is CCCNc1nc2cc(C(C)(C)O)c(N)cc2s1. The number of hydrogen-bond acceptors (Lipinski definition) is 5. The number of hydrogen-bond donors (Lipinski definition) is 3. The summed E-state index contributed by atoms with van der Waals surface area (Å²) in [5.74, 6) is 0. The lowest BCUT2D eigenvalue weighted by molar-refractivity contribution is 0.0795. The van der Waals surface area contributed by atoms with Gasteiger partial charge >= 0.3 is 0 Å². The van der Waals surface area contributed by atoms with Crippen LogP contribution < -0.4 is 11.1 Å². The Morgan fingerprint density at radius 2 is 2.17 bits per heavy atom. The largest absolute Gasteiger partial charge is 0.398 e. The average Bonchev–Trinajstić information content (AvgIpc) is 2.65. The molecule has 18 heavy (non-hydrogen) atoms. The number of fused-ring (bicyclic) bond motifs is 1. The maximum absolute atomic E-state index is 10.1. The monoisotopic (exact) mass is 265 g/mol. The molecule has 4 N–H and O–H groups in total. The number of nitrogens with two attached hydrogens (primary N) is 1. The molecule has 1 heterocycles. The Kier molecular flexibility index (Phi) is 3.45. The van der Waals surface area contributed by atoms with Gasteiger partial charge in [-0.15, -0.1) is 0 Å². The van der Waals surface area contributed by atoms with Crippen LogP contribution >= 0.6 is 11.3 Å². The van der Waals surface area contributed by atoms with E-state index in [-0.39, 0.29) is 0 Å². The van der Waals surface area contributed by atoms with Crippen LogP contribution in [-0.2, 0) is 5.60 Å². The van der Waals surface area contributed by atoms with Crippen LogP contribution in [0.5, 0.6) is 0 Å². The molecule has 4 nitrogen and oxygen atoms in total. The van der Waals surface area contributed by atoms with Crippen LogP contribution in [0.3, 0.4) is 0 Å². The van der Waals surface area contributed by atoms with Gasteiger partial charge in [0.25, 0.3) is 0 Å². The summed E-state index contributed by atoms with van der Waals surface area (Å²) in [5, 5.41) is 14.2. The number of thiazole rings is 1. The van der Waals surface area contributed by atoms with Crippen molar-refractivity contribution >= 4 is 32.4 Å². The predicted molar refractivity (Wildman–Crippen MR) is 78.1 cm³/mol. The minimum absolute atomic E-state index is 0.612. The summed E-state index contributed by atoms with van der Waals surface area (Å²) in [6.45, 7) is 6.48. The van der Waals surface area contributed by atoms with Crippen LogP contribution in [0, 0.1) is 0 Å². The number of nitrogens with one attached hydrogen (secondary N) is 1. The number of rotatable bonds is 4. The maximum Gasteiger partial charge on any atom is 0.183 e. The van der Waals surface area contributed by atoms with Crippen molar-refractivity contribution < 1.29 is 5.11 Å². The third kappa shape index (κ3) is 2.57. The van der Waals surface area contributed by atoms with Crippen molar-refractivity contribution in [2.45, 2.75) is 32.8 Å². The van der Waals surface area contributed by atoms with Crippen molar-refractivity contribution in [2.24, 2.45) is 0 Å². The van der Waals surface area contributed by atoms with Gasteiger partial charge in [-0.1, -0.05) is 18.3 Å². The Morgan fingerprint density at radius 1 is 1.44 bits per heavy atom. The second-order valence-electron chi connectivity index (χ2n) is 4.91. The van der Waals surface area contributed by atoms with Crippen molar-refractivity contribution in [1.29, 1.82) is 0 Å². The Morgan fingerprint density at radius 3 is 2.78 bits per heavy atom. The summed E-state index contributed by atoms with van der Waals surface area (Å²) in [4.78, 5) is 4.51. The van der Waals surface area contributed by atoms with Crippen LogP contribution in [0.2, 0.25) is 0 Å². The van der Waals surface area contributed by atoms with Crippen molar-refractivity contribution in [2.75, 3.05) is 17.6 Å². The number of nitrogen functional groups attached to an aromatic ring is 1. The Balaban J connectivity index is 2.44. The van der Waals surface area contributed by atoms with E-state index in [2.05, 4.69) is 17.2 Å². The summed E-state index contributed by atoms with van der Waals surface area (Å²) in [6, 6.07) is 3.76. The maximum atomic E-state index is 10.1. The van der Waals surface area contributed by atoms with Gasteiger partial charge in [-0.3, -0.25) is 0 Å². The van der Waals surface area contributed by atoms with Gasteiger partial charge in [-0.25, -0.2) is 4.98 Å². The van der Waals surface area contributed by atoms with Gasteiger partial charge in [0.2, 0.25) is 0 Å². The Hall–Kier alpha value is -1.33. The fourth-order valence-corrected chi connectivity index (χ4v) is 2.75. The molecule has 2 rings (SSSR count). The highest BCUT2D eigenvalue weighted by atomic mass is 32.1. The molecule has 98 valence electrons. The molecule has 0 saturated carbocycles. The van der Waals surface area contributed by atoms with E-state index in [9.17, 15) is 5.11 Å². The van der Waals surface area contributed by atoms with Crippen molar-refractivity contribution in [1.82, 2.24) is 4.98 Å². The van der Waals surface area contributed by atoms with Gasteiger partial charge in [-0.2, -0.15) is 0 Å². The van der Waals surface area contributed by atoms with E-state index in [0.717, 1.165) is 33.9 Å². The predicted octanol–water partition coefficient (Wildman–Crippen LogP) is 2.93. The summed E-state index contributed by atoms with van der Waals surface area (Å²) in [5.41, 5.74) is 7.25. The molecule has 5 heteroatoms. The fraction of sp³-hybridized carbons (Fsp3) is 0.462. The van der Waals surface area contributed by atoms with Crippen LogP contribution in [0.25, 0.3) is 10.2 Å². The molecule has 0 radical (unpaired) electrons. The van der Waals surface area contributed by atoms with Gasteiger partial charge < -0.3 is 16.2 Å². The molecule has 0 atom stereocenters. The first-order valence-corrected chi connectivity index (χ1v) is 6.90. The zero-order chi connectivity index (χ0) is 13.3. The number of benzene rings is 1. The van der Waals surface area contributed by atoms with Crippen LogP contribution in [0.15, 0.2) is 12.1 Å². The summed E-state index contributed by atoms with van der Waals surface area (Å²) >= 11 is 1.59. The number of nitrogens with zero attached hydrogens (tertiary/aromatic N) is 1. The standard InChI is InChI=1S/C13H19N3OS/c1-4-5-15-12-16-10-6-8(13(2,3)17)9(14)7-11(10)18-12/h6-7,17H,4-5,14H2,1-3H3,(H,15,16). The van der Waals surface area contributed by atoms with Crippen molar-refractivity contribution in [3.05, 3.63) is 17.7 Å². The van der Waals surface area contributed by atoms with E-state index in [1.807, 2.05) is 12.1 Å². The van der Waals surface area contributed by atoms with E-state index >= 15 is 0 Å². The van der Waals surface area contributed by atoms with Gasteiger partial charge in [0.1, 0.15) is 0 Å². The molecule has 0 aliphatic heterocycles. The van der Waals surface area contributed by atoms with Gasteiger partial charge in [0, 0.05) is 17.8 Å².